The molecule has 2 aliphatic rings. The van der Waals surface area contributed by atoms with Crippen LogP contribution in [-0.2, 0) is 23.1 Å². The van der Waals surface area contributed by atoms with Crippen molar-refractivity contribution in [3.63, 3.8) is 0 Å². The second-order valence-electron chi connectivity index (χ2n) is 9.50. The topological polar surface area (TPSA) is 69.7 Å². The maximum atomic E-state index is 13.2. The van der Waals surface area contributed by atoms with Gasteiger partial charge in [0.1, 0.15) is 0 Å². The number of benzene rings is 2. The molecule has 2 aliphatic heterocycles. The first kappa shape index (κ1) is 23.9. The molecule has 2 saturated heterocycles. The Morgan fingerprint density at radius 3 is 2.36 bits per heavy atom. The highest BCUT2D eigenvalue weighted by Gasteiger charge is 2.29. The van der Waals surface area contributed by atoms with Gasteiger partial charge in [-0.2, -0.15) is 4.31 Å². The van der Waals surface area contributed by atoms with Crippen molar-refractivity contribution >= 4 is 15.9 Å². The van der Waals surface area contributed by atoms with Gasteiger partial charge < -0.3 is 5.32 Å². The zero-order valence-corrected chi connectivity index (χ0v) is 20.5. The number of carbonyl (C=O) groups is 1. The molecule has 0 bridgehead atoms. The fourth-order valence-electron chi connectivity index (χ4n) is 4.72. The molecule has 2 fully saturated rings. The van der Waals surface area contributed by atoms with Crippen LogP contribution in [-0.4, -0.2) is 49.7 Å². The Labute approximate surface area is 198 Å². The molecular formula is C26H35N3O3S. The number of nitrogens with one attached hydrogen (secondary N) is 1. The second-order valence-corrected chi connectivity index (χ2v) is 11.4. The van der Waals surface area contributed by atoms with Crippen molar-refractivity contribution in [2.75, 3.05) is 26.2 Å². The first-order valence-corrected chi connectivity index (χ1v) is 13.5. The van der Waals surface area contributed by atoms with E-state index in [4.69, 9.17) is 0 Å². The van der Waals surface area contributed by atoms with E-state index in [1.807, 2.05) is 19.1 Å². The lowest BCUT2D eigenvalue weighted by Crippen LogP contribution is -2.38. The standard InChI is InChI=1S/C26H35N3O3S/c1-20-11-15-29(16-12-20)33(31,32)24-10-9-21(2)25(17-24)26(30)27-18-22-7-3-4-8-23(22)19-28-13-5-6-14-28/h3-4,7-10,17,20H,5-6,11-16,18-19H2,1-2H3,(H,27,30). The van der Waals surface area contributed by atoms with Gasteiger partial charge in [-0.15, -0.1) is 0 Å². The minimum absolute atomic E-state index is 0.197. The molecule has 7 heteroatoms. The Hall–Kier alpha value is -2.22. The zero-order valence-electron chi connectivity index (χ0n) is 19.7. The van der Waals surface area contributed by atoms with Crippen LogP contribution >= 0.6 is 0 Å². The van der Waals surface area contributed by atoms with E-state index in [1.54, 1.807) is 16.4 Å². The summed E-state index contributed by atoms with van der Waals surface area (Å²) < 4.78 is 27.9. The van der Waals surface area contributed by atoms with Gasteiger partial charge in [0.05, 0.1) is 4.90 Å². The summed E-state index contributed by atoms with van der Waals surface area (Å²) in [5.74, 6) is 0.303. The van der Waals surface area contributed by atoms with Crippen LogP contribution in [0.1, 0.15) is 59.7 Å². The van der Waals surface area contributed by atoms with Gasteiger partial charge in [-0.1, -0.05) is 37.3 Å². The third kappa shape index (κ3) is 5.65. The summed E-state index contributed by atoms with van der Waals surface area (Å²) in [6.07, 6.45) is 4.23. The van der Waals surface area contributed by atoms with E-state index in [9.17, 15) is 13.2 Å². The fraction of sp³-hybridized carbons (Fsp3) is 0.500. The first-order chi connectivity index (χ1) is 15.8. The molecule has 33 heavy (non-hydrogen) atoms. The third-order valence-electron chi connectivity index (χ3n) is 6.98. The predicted molar refractivity (Wildman–Crippen MR) is 130 cm³/mol. The van der Waals surface area contributed by atoms with Crippen LogP contribution in [0.4, 0.5) is 0 Å². The Kier molecular flexibility index (Phi) is 7.51. The molecule has 1 amide bonds. The maximum absolute atomic E-state index is 13.2. The van der Waals surface area contributed by atoms with Crippen LogP contribution in [0.3, 0.4) is 0 Å². The number of nitrogens with zero attached hydrogens (tertiary/aromatic N) is 2. The molecule has 2 aromatic rings. The van der Waals surface area contributed by atoms with Crippen molar-refractivity contribution in [1.82, 2.24) is 14.5 Å². The largest absolute Gasteiger partial charge is 0.348 e. The van der Waals surface area contributed by atoms with Crippen LogP contribution < -0.4 is 5.32 Å². The Morgan fingerprint density at radius 1 is 1.00 bits per heavy atom. The molecule has 0 unspecified atom stereocenters. The molecule has 0 saturated carbocycles. The molecule has 2 aromatic carbocycles. The van der Waals surface area contributed by atoms with E-state index >= 15 is 0 Å². The van der Waals surface area contributed by atoms with Gasteiger partial charge >= 0.3 is 0 Å². The molecule has 6 nitrogen and oxygen atoms in total. The van der Waals surface area contributed by atoms with Crippen LogP contribution in [0, 0.1) is 12.8 Å². The zero-order chi connectivity index (χ0) is 23.4. The molecule has 1 N–H and O–H groups in total. The molecular weight excluding hydrogens is 434 g/mol. The van der Waals surface area contributed by atoms with Crippen molar-refractivity contribution < 1.29 is 13.2 Å². The predicted octanol–water partition coefficient (Wildman–Crippen LogP) is 3.94. The van der Waals surface area contributed by atoms with Gasteiger partial charge in [0.15, 0.2) is 0 Å². The summed E-state index contributed by atoms with van der Waals surface area (Å²) in [6.45, 7) is 8.63. The molecule has 0 radical (unpaired) electrons. The summed E-state index contributed by atoms with van der Waals surface area (Å²) in [4.78, 5) is 15.7. The summed E-state index contributed by atoms with van der Waals surface area (Å²) in [5, 5.41) is 3.02. The van der Waals surface area contributed by atoms with E-state index < -0.39 is 10.0 Å². The molecule has 0 aliphatic carbocycles. The van der Waals surface area contributed by atoms with E-state index in [2.05, 4.69) is 29.3 Å². The van der Waals surface area contributed by atoms with Crippen molar-refractivity contribution in [1.29, 1.82) is 0 Å². The third-order valence-corrected chi connectivity index (χ3v) is 8.88. The monoisotopic (exact) mass is 469 g/mol. The quantitative estimate of drug-likeness (QED) is 0.667. The minimum atomic E-state index is -3.60. The Bertz CT molecular complexity index is 1090. The number of hydrogen-bond acceptors (Lipinski definition) is 4. The summed E-state index contributed by atoms with van der Waals surface area (Å²) in [6, 6.07) is 13.1. The molecule has 178 valence electrons. The first-order valence-electron chi connectivity index (χ1n) is 12.0. The molecule has 2 heterocycles. The molecule has 0 spiro atoms. The highest BCUT2D eigenvalue weighted by Crippen LogP contribution is 2.25. The van der Waals surface area contributed by atoms with Crippen LogP contribution in [0.25, 0.3) is 0 Å². The van der Waals surface area contributed by atoms with Crippen LogP contribution in [0.5, 0.6) is 0 Å². The van der Waals surface area contributed by atoms with Gasteiger partial charge in [0.25, 0.3) is 5.91 Å². The van der Waals surface area contributed by atoms with E-state index in [1.165, 1.54) is 24.5 Å². The second kappa shape index (κ2) is 10.4. The lowest BCUT2D eigenvalue weighted by Gasteiger charge is -2.29. The summed E-state index contributed by atoms with van der Waals surface area (Å²) >= 11 is 0. The van der Waals surface area contributed by atoms with Crippen molar-refractivity contribution in [2.24, 2.45) is 5.92 Å². The fourth-order valence-corrected chi connectivity index (χ4v) is 6.21. The van der Waals surface area contributed by atoms with Crippen molar-refractivity contribution in [3.8, 4) is 0 Å². The van der Waals surface area contributed by atoms with Crippen LogP contribution in [0.2, 0.25) is 0 Å². The van der Waals surface area contributed by atoms with E-state index in [0.29, 0.717) is 31.1 Å². The highest BCUT2D eigenvalue weighted by molar-refractivity contribution is 7.89. The number of sulfonamides is 1. The van der Waals surface area contributed by atoms with E-state index in [-0.39, 0.29) is 10.8 Å². The summed E-state index contributed by atoms with van der Waals surface area (Å²) in [5.41, 5.74) is 3.51. The number of carbonyl (C=O) groups excluding carboxylic acids is 1. The maximum Gasteiger partial charge on any atom is 0.251 e. The lowest BCUT2D eigenvalue weighted by molar-refractivity contribution is 0.0950. The average molecular weight is 470 g/mol. The highest BCUT2D eigenvalue weighted by atomic mass is 32.2. The smallest absolute Gasteiger partial charge is 0.251 e. The van der Waals surface area contributed by atoms with Crippen molar-refractivity contribution in [2.45, 2.75) is 57.5 Å². The van der Waals surface area contributed by atoms with Gasteiger partial charge in [-0.25, -0.2) is 8.42 Å². The lowest BCUT2D eigenvalue weighted by atomic mass is 10.0. The SMILES string of the molecule is Cc1ccc(S(=O)(=O)N2CCC(C)CC2)cc1C(=O)NCc1ccccc1CN1CCCC1. The number of piperidine rings is 1. The van der Waals surface area contributed by atoms with Gasteiger partial charge in [0.2, 0.25) is 10.0 Å². The van der Waals surface area contributed by atoms with Gasteiger partial charge in [0, 0.05) is 31.7 Å². The molecule has 0 aromatic heterocycles. The summed E-state index contributed by atoms with van der Waals surface area (Å²) in [7, 11) is -3.60. The number of amides is 1. The molecule has 0 atom stereocenters. The molecule has 4 rings (SSSR count). The normalized spacial score (nSPS) is 18.5. The Balaban J connectivity index is 1.47. The van der Waals surface area contributed by atoms with Crippen molar-refractivity contribution in [3.05, 3.63) is 64.7 Å². The van der Waals surface area contributed by atoms with Gasteiger partial charge in [-0.05, 0) is 80.4 Å². The number of aryl methyl sites for hydroxylation is 1. The van der Waals surface area contributed by atoms with Crippen LogP contribution in [0.15, 0.2) is 47.4 Å². The number of hydrogen-bond donors (Lipinski definition) is 1. The van der Waals surface area contributed by atoms with Gasteiger partial charge in [-0.3, -0.25) is 9.69 Å². The number of likely N-dealkylation sites (tertiary alicyclic amines) is 1. The number of rotatable bonds is 7. The Morgan fingerprint density at radius 2 is 1.67 bits per heavy atom. The van der Waals surface area contributed by atoms with E-state index in [0.717, 1.165) is 43.6 Å². The average Bonchev–Trinajstić information content (AvgIpc) is 3.32. The minimum Gasteiger partial charge on any atom is -0.348 e.